The van der Waals surface area contributed by atoms with Crippen molar-refractivity contribution in [1.29, 1.82) is 0 Å². The molecule has 2 aliphatic rings. The number of carbonyl (C=O) groups is 3. The quantitative estimate of drug-likeness (QED) is 0.799. The van der Waals surface area contributed by atoms with Gasteiger partial charge in [-0.2, -0.15) is 0 Å². The van der Waals surface area contributed by atoms with E-state index in [1.807, 2.05) is 0 Å². The lowest BCUT2D eigenvalue weighted by Gasteiger charge is -2.25. The number of hydrogen-bond donors (Lipinski definition) is 1. The Balaban J connectivity index is 1.70. The Kier molecular flexibility index (Phi) is 4.76. The molecule has 1 aromatic carbocycles. The number of amides is 2. The molecule has 1 atom stereocenters. The highest BCUT2D eigenvalue weighted by Crippen LogP contribution is 2.36. The van der Waals surface area contributed by atoms with E-state index in [1.165, 1.54) is 7.11 Å². The fourth-order valence-corrected chi connectivity index (χ4v) is 3.05. The molecule has 2 amide bonds. The number of hydrogen-bond acceptors (Lipinski definition) is 6. The molecule has 3 rings (SSSR count). The molecule has 1 aromatic rings. The van der Waals surface area contributed by atoms with E-state index in [-0.39, 0.29) is 24.8 Å². The Morgan fingerprint density at radius 3 is 2.62 bits per heavy atom. The first-order chi connectivity index (χ1) is 12.3. The molecule has 2 aliphatic heterocycles. The number of rotatable bonds is 4. The molecule has 1 saturated heterocycles. The zero-order valence-electron chi connectivity index (χ0n) is 15.0. The fraction of sp³-hybridized carbons (Fsp3) is 0.500. The number of carbonyl (C=O) groups excluding carboxylic acids is 3. The summed E-state index contributed by atoms with van der Waals surface area (Å²) in [6, 6.07) is 5.26. The Morgan fingerprint density at radius 1 is 1.23 bits per heavy atom. The van der Waals surface area contributed by atoms with Crippen LogP contribution in [-0.4, -0.2) is 50.2 Å². The average molecular weight is 362 g/mol. The Bertz CT molecular complexity index is 745. The van der Waals surface area contributed by atoms with E-state index < -0.39 is 17.4 Å². The number of nitrogens with zero attached hydrogens (tertiary/aromatic N) is 1. The minimum atomic E-state index is -1.15. The molecule has 0 saturated carbocycles. The van der Waals surface area contributed by atoms with Gasteiger partial charge in [-0.25, -0.2) is 4.79 Å². The third-order valence-electron chi connectivity index (χ3n) is 4.46. The van der Waals surface area contributed by atoms with Gasteiger partial charge in [0, 0.05) is 24.7 Å². The van der Waals surface area contributed by atoms with Crippen molar-refractivity contribution < 1.29 is 28.6 Å². The maximum Gasteiger partial charge on any atom is 0.330 e. The summed E-state index contributed by atoms with van der Waals surface area (Å²) in [5, 5.41) is 2.65. The van der Waals surface area contributed by atoms with Gasteiger partial charge in [0.2, 0.25) is 11.8 Å². The standard InChI is InChI=1S/C18H22N2O6/c1-18(2,17(23)24-3)19-16(22)11-8-15(21)20(10-11)12-4-5-13-14(9-12)26-7-6-25-13/h4-5,9,11H,6-8,10H2,1-3H3,(H,19,22). The number of methoxy groups -OCH3 is 1. The highest BCUT2D eigenvalue weighted by Gasteiger charge is 2.39. The smallest absolute Gasteiger partial charge is 0.330 e. The SMILES string of the molecule is COC(=O)C(C)(C)NC(=O)C1CC(=O)N(c2ccc3c(c2)OCCO3)C1. The minimum Gasteiger partial charge on any atom is -0.486 e. The van der Waals surface area contributed by atoms with E-state index in [4.69, 9.17) is 9.47 Å². The predicted molar refractivity (Wildman–Crippen MR) is 92.1 cm³/mol. The van der Waals surface area contributed by atoms with Gasteiger partial charge in [-0.3, -0.25) is 9.59 Å². The Morgan fingerprint density at radius 2 is 1.92 bits per heavy atom. The summed E-state index contributed by atoms with van der Waals surface area (Å²) in [4.78, 5) is 38.2. The molecule has 8 heteroatoms. The van der Waals surface area contributed by atoms with Crippen molar-refractivity contribution in [3.8, 4) is 11.5 Å². The molecule has 8 nitrogen and oxygen atoms in total. The zero-order valence-corrected chi connectivity index (χ0v) is 15.0. The summed E-state index contributed by atoms with van der Waals surface area (Å²) in [6.45, 7) is 4.31. The number of esters is 1. The van der Waals surface area contributed by atoms with E-state index >= 15 is 0 Å². The molecule has 0 aromatic heterocycles. The van der Waals surface area contributed by atoms with Crippen molar-refractivity contribution in [1.82, 2.24) is 5.32 Å². The van der Waals surface area contributed by atoms with Crippen molar-refractivity contribution in [2.75, 3.05) is 31.8 Å². The molecule has 26 heavy (non-hydrogen) atoms. The topological polar surface area (TPSA) is 94.2 Å². The highest BCUT2D eigenvalue weighted by atomic mass is 16.6. The third kappa shape index (κ3) is 3.44. The van der Waals surface area contributed by atoms with Crippen LogP contribution in [0.4, 0.5) is 5.69 Å². The minimum absolute atomic E-state index is 0.0809. The van der Waals surface area contributed by atoms with E-state index in [0.717, 1.165) is 0 Å². The Hall–Kier alpha value is -2.77. The summed E-state index contributed by atoms with van der Waals surface area (Å²) >= 11 is 0. The number of nitrogens with one attached hydrogen (secondary N) is 1. The van der Waals surface area contributed by atoms with Gasteiger partial charge in [-0.15, -0.1) is 0 Å². The van der Waals surface area contributed by atoms with Crippen LogP contribution in [0.1, 0.15) is 20.3 Å². The van der Waals surface area contributed by atoms with Crippen LogP contribution in [-0.2, 0) is 19.1 Å². The number of anilines is 1. The van der Waals surface area contributed by atoms with Gasteiger partial charge in [0.1, 0.15) is 18.8 Å². The maximum absolute atomic E-state index is 12.5. The van der Waals surface area contributed by atoms with Crippen LogP contribution in [0.3, 0.4) is 0 Å². The second-order valence-electron chi connectivity index (χ2n) is 6.84. The molecule has 0 spiro atoms. The van der Waals surface area contributed by atoms with Crippen molar-refractivity contribution in [3.05, 3.63) is 18.2 Å². The van der Waals surface area contributed by atoms with Crippen molar-refractivity contribution >= 4 is 23.5 Å². The van der Waals surface area contributed by atoms with Crippen molar-refractivity contribution in [3.63, 3.8) is 0 Å². The zero-order chi connectivity index (χ0) is 18.9. The van der Waals surface area contributed by atoms with E-state index in [1.54, 1.807) is 36.9 Å². The molecule has 1 fully saturated rings. The summed E-state index contributed by atoms with van der Waals surface area (Å²) in [7, 11) is 1.26. The maximum atomic E-state index is 12.5. The van der Waals surface area contributed by atoms with E-state index in [0.29, 0.717) is 30.4 Å². The molecule has 2 heterocycles. The normalized spacial score (nSPS) is 19.3. The fourth-order valence-electron chi connectivity index (χ4n) is 3.05. The number of benzene rings is 1. The molecule has 1 unspecified atom stereocenters. The number of fused-ring (bicyclic) bond motifs is 1. The lowest BCUT2D eigenvalue weighted by Crippen LogP contribution is -2.52. The van der Waals surface area contributed by atoms with E-state index in [9.17, 15) is 14.4 Å². The van der Waals surface area contributed by atoms with Crippen LogP contribution in [0.2, 0.25) is 0 Å². The third-order valence-corrected chi connectivity index (χ3v) is 4.46. The lowest BCUT2D eigenvalue weighted by molar-refractivity contribution is -0.149. The highest BCUT2D eigenvalue weighted by molar-refractivity contribution is 6.01. The molecule has 140 valence electrons. The van der Waals surface area contributed by atoms with Gasteiger partial charge in [-0.1, -0.05) is 0 Å². The van der Waals surface area contributed by atoms with Crippen LogP contribution in [0, 0.1) is 5.92 Å². The molecular formula is C18H22N2O6. The summed E-state index contributed by atoms with van der Waals surface area (Å²) in [6.07, 6.45) is 0.0809. The first-order valence-electron chi connectivity index (χ1n) is 8.42. The average Bonchev–Trinajstić information content (AvgIpc) is 3.02. The lowest BCUT2D eigenvalue weighted by atomic mass is 10.0. The first-order valence-corrected chi connectivity index (χ1v) is 8.42. The summed E-state index contributed by atoms with van der Waals surface area (Å²) in [5.74, 6) is -0.368. The van der Waals surface area contributed by atoms with Gasteiger partial charge < -0.3 is 24.4 Å². The van der Waals surface area contributed by atoms with Gasteiger partial charge in [0.25, 0.3) is 0 Å². The van der Waals surface area contributed by atoms with Gasteiger partial charge >= 0.3 is 5.97 Å². The Labute approximate surface area is 151 Å². The number of ether oxygens (including phenoxy) is 3. The molecular weight excluding hydrogens is 340 g/mol. The second-order valence-corrected chi connectivity index (χ2v) is 6.84. The van der Waals surface area contributed by atoms with Crippen molar-refractivity contribution in [2.24, 2.45) is 5.92 Å². The van der Waals surface area contributed by atoms with Crippen LogP contribution in [0.15, 0.2) is 18.2 Å². The molecule has 0 radical (unpaired) electrons. The van der Waals surface area contributed by atoms with Crippen LogP contribution >= 0.6 is 0 Å². The second kappa shape index (κ2) is 6.86. The largest absolute Gasteiger partial charge is 0.486 e. The first kappa shape index (κ1) is 18.0. The van der Waals surface area contributed by atoms with E-state index in [2.05, 4.69) is 10.1 Å². The van der Waals surface area contributed by atoms with Crippen LogP contribution < -0.4 is 19.7 Å². The summed E-state index contributed by atoms with van der Waals surface area (Å²) in [5.41, 5.74) is -0.499. The predicted octanol–water partition coefficient (Wildman–Crippen LogP) is 0.878. The van der Waals surface area contributed by atoms with Crippen LogP contribution in [0.5, 0.6) is 11.5 Å². The monoisotopic (exact) mass is 362 g/mol. The molecule has 0 bridgehead atoms. The summed E-state index contributed by atoms with van der Waals surface area (Å²) < 4.78 is 15.7. The molecule has 1 N–H and O–H groups in total. The molecule has 0 aliphatic carbocycles. The van der Waals surface area contributed by atoms with Crippen LogP contribution in [0.25, 0.3) is 0 Å². The van der Waals surface area contributed by atoms with Crippen molar-refractivity contribution in [2.45, 2.75) is 25.8 Å². The van der Waals surface area contributed by atoms with Gasteiger partial charge in [-0.05, 0) is 26.0 Å². The van der Waals surface area contributed by atoms with Gasteiger partial charge in [0.05, 0.1) is 13.0 Å². The van der Waals surface area contributed by atoms with Gasteiger partial charge in [0.15, 0.2) is 11.5 Å².